The van der Waals surface area contributed by atoms with Crippen LogP contribution in [0.1, 0.15) is 71.6 Å². The van der Waals surface area contributed by atoms with Gasteiger partial charge >= 0.3 is 0 Å². The maximum atomic E-state index is 3.92. The van der Waals surface area contributed by atoms with Crippen molar-refractivity contribution >= 4 is 0 Å². The summed E-state index contributed by atoms with van der Waals surface area (Å²) in [4.78, 5) is 2.92. The molecule has 2 aliphatic carbocycles. The molecule has 3 aliphatic rings. The Balaban J connectivity index is 1.65. The highest BCUT2D eigenvalue weighted by atomic mass is 15.3. The molecule has 0 aromatic heterocycles. The van der Waals surface area contributed by atoms with Crippen molar-refractivity contribution < 1.29 is 0 Å². The molecule has 116 valence electrons. The molecular weight excluding hydrogens is 244 g/mol. The van der Waals surface area contributed by atoms with E-state index in [-0.39, 0.29) is 0 Å². The lowest BCUT2D eigenvalue weighted by molar-refractivity contribution is 0.0434. The first kappa shape index (κ1) is 14.8. The molecule has 2 saturated carbocycles. The number of hydrogen-bond donors (Lipinski definition) is 1. The summed E-state index contributed by atoms with van der Waals surface area (Å²) in [7, 11) is 0. The average molecular weight is 278 g/mol. The summed E-state index contributed by atoms with van der Waals surface area (Å²) in [5, 5.41) is 3.92. The summed E-state index contributed by atoms with van der Waals surface area (Å²) >= 11 is 0. The molecule has 1 heterocycles. The smallest absolute Gasteiger partial charge is 0.0224 e. The van der Waals surface area contributed by atoms with Crippen molar-refractivity contribution in [3.63, 3.8) is 0 Å². The van der Waals surface area contributed by atoms with Gasteiger partial charge in [-0.05, 0) is 43.9 Å². The molecule has 20 heavy (non-hydrogen) atoms. The summed E-state index contributed by atoms with van der Waals surface area (Å²) < 4.78 is 0. The van der Waals surface area contributed by atoms with Crippen LogP contribution in [0, 0.1) is 11.8 Å². The first-order valence-electron chi connectivity index (χ1n) is 9.28. The van der Waals surface area contributed by atoms with Crippen LogP contribution in [0.4, 0.5) is 0 Å². The Morgan fingerprint density at radius 3 is 2.45 bits per heavy atom. The Morgan fingerprint density at radius 2 is 1.80 bits per heavy atom. The molecule has 4 unspecified atom stereocenters. The minimum absolute atomic E-state index is 0.783. The van der Waals surface area contributed by atoms with E-state index in [0.29, 0.717) is 0 Å². The first-order valence-corrected chi connectivity index (χ1v) is 9.28. The van der Waals surface area contributed by atoms with E-state index in [9.17, 15) is 0 Å². The zero-order valence-corrected chi connectivity index (χ0v) is 13.6. The van der Waals surface area contributed by atoms with Crippen molar-refractivity contribution in [2.45, 2.75) is 89.8 Å². The monoisotopic (exact) mass is 278 g/mol. The lowest BCUT2D eigenvalue weighted by Crippen LogP contribution is -2.61. The van der Waals surface area contributed by atoms with E-state index >= 15 is 0 Å². The fourth-order valence-electron chi connectivity index (χ4n) is 5.10. The largest absolute Gasteiger partial charge is 0.311 e. The van der Waals surface area contributed by atoms with Crippen LogP contribution in [-0.4, -0.2) is 36.1 Å². The summed E-state index contributed by atoms with van der Waals surface area (Å²) in [5.74, 6) is 1.88. The lowest BCUT2D eigenvalue weighted by Gasteiger charge is -2.47. The topological polar surface area (TPSA) is 15.3 Å². The third-order valence-corrected chi connectivity index (χ3v) is 6.42. The maximum absolute atomic E-state index is 3.92. The normalized spacial score (nSPS) is 41.1. The summed E-state index contributed by atoms with van der Waals surface area (Å²) in [6.45, 7) is 7.43. The van der Waals surface area contributed by atoms with Crippen LogP contribution in [0.2, 0.25) is 0 Å². The van der Waals surface area contributed by atoms with E-state index in [1.165, 1.54) is 70.9 Å². The minimum atomic E-state index is 0.783. The van der Waals surface area contributed by atoms with Crippen molar-refractivity contribution in [1.82, 2.24) is 10.2 Å². The van der Waals surface area contributed by atoms with Crippen LogP contribution in [0.3, 0.4) is 0 Å². The van der Waals surface area contributed by atoms with Crippen LogP contribution in [0.5, 0.6) is 0 Å². The van der Waals surface area contributed by atoms with Crippen molar-refractivity contribution in [2.75, 3.05) is 13.1 Å². The van der Waals surface area contributed by atoms with Gasteiger partial charge in [-0.3, -0.25) is 4.90 Å². The number of piperazine rings is 1. The van der Waals surface area contributed by atoms with Crippen LogP contribution in [0.15, 0.2) is 0 Å². The molecular formula is C18H34N2. The standard InChI is InChI=1S/C18H34N2/c1-3-16-12-19-17(15-9-5-4-6-10-15)13-20(16)18-11-7-8-14(18)2/h14-19H,3-13H2,1-2H3. The van der Waals surface area contributed by atoms with E-state index in [0.717, 1.165) is 30.0 Å². The Morgan fingerprint density at radius 1 is 1.00 bits per heavy atom. The molecule has 3 rings (SSSR count). The van der Waals surface area contributed by atoms with Gasteiger partial charge < -0.3 is 5.32 Å². The second-order valence-corrected chi connectivity index (χ2v) is 7.65. The molecule has 4 atom stereocenters. The second-order valence-electron chi connectivity index (χ2n) is 7.65. The predicted molar refractivity (Wildman–Crippen MR) is 86.0 cm³/mol. The zero-order chi connectivity index (χ0) is 13.9. The number of nitrogens with one attached hydrogen (secondary N) is 1. The Kier molecular flexibility index (Phi) is 5.04. The highest BCUT2D eigenvalue weighted by Crippen LogP contribution is 2.34. The Labute approximate surface area is 125 Å². The second kappa shape index (κ2) is 6.79. The zero-order valence-electron chi connectivity index (χ0n) is 13.6. The SMILES string of the molecule is CCC1CNC(C2CCCCC2)CN1C1CCCC1C. The van der Waals surface area contributed by atoms with Gasteiger partial charge in [-0.1, -0.05) is 39.5 Å². The molecule has 1 aliphatic heterocycles. The predicted octanol–water partition coefficient (Wildman–Crippen LogP) is 3.81. The quantitative estimate of drug-likeness (QED) is 0.844. The van der Waals surface area contributed by atoms with Crippen LogP contribution < -0.4 is 5.32 Å². The minimum Gasteiger partial charge on any atom is -0.311 e. The molecule has 3 fully saturated rings. The molecule has 2 nitrogen and oxygen atoms in total. The van der Waals surface area contributed by atoms with Gasteiger partial charge in [0.2, 0.25) is 0 Å². The fourth-order valence-corrected chi connectivity index (χ4v) is 5.10. The third-order valence-electron chi connectivity index (χ3n) is 6.42. The Hall–Kier alpha value is -0.0800. The van der Waals surface area contributed by atoms with Gasteiger partial charge in [-0.2, -0.15) is 0 Å². The van der Waals surface area contributed by atoms with Crippen LogP contribution in [-0.2, 0) is 0 Å². The van der Waals surface area contributed by atoms with Gasteiger partial charge in [-0.15, -0.1) is 0 Å². The van der Waals surface area contributed by atoms with Crippen LogP contribution in [0.25, 0.3) is 0 Å². The molecule has 0 spiro atoms. The van der Waals surface area contributed by atoms with Gasteiger partial charge in [0, 0.05) is 31.2 Å². The summed E-state index contributed by atoms with van der Waals surface area (Å²) in [6, 6.07) is 2.46. The Bertz CT molecular complexity index is 298. The average Bonchev–Trinajstić information content (AvgIpc) is 2.93. The van der Waals surface area contributed by atoms with E-state index < -0.39 is 0 Å². The highest BCUT2D eigenvalue weighted by molar-refractivity contribution is 4.95. The van der Waals surface area contributed by atoms with E-state index in [4.69, 9.17) is 0 Å². The van der Waals surface area contributed by atoms with E-state index in [1.807, 2.05) is 0 Å². The maximum Gasteiger partial charge on any atom is 0.0224 e. The molecule has 0 radical (unpaired) electrons. The number of nitrogens with zero attached hydrogens (tertiary/aromatic N) is 1. The molecule has 0 amide bonds. The summed E-state index contributed by atoms with van der Waals surface area (Å²) in [6.07, 6.45) is 13.1. The lowest BCUT2D eigenvalue weighted by atomic mass is 9.82. The van der Waals surface area contributed by atoms with Crippen molar-refractivity contribution in [3.05, 3.63) is 0 Å². The summed E-state index contributed by atoms with van der Waals surface area (Å²) in [5.41, 5.74) is 0. The van der Waals surface area contributed by atoms with Gasteiger partial charge in [0.25, 0.3) is 0 Å². The van der Waals surface area contributed by atoms with Gasteiger partial charge in [0.1, 0.15) is 0 Å². The van der Waals surface area contributed by atoms with Gasteiger partial charge in [-0.25, -0.2) is 0 Å². The molecule has 1 saturated heterocycles. The van der Waals surface area contributed by atoms with E-state index in [1.54, 1.807) is 0 Å². The third kappa shape index (κ3) is 3.06. The highest BCUT2D eigenvalue weighted by Gasteiger charge is 2.38. The van der Waals surface area contributed by atoms with E-state index in [2.05, 4.69) is 24.1 Å². The van der Waals surface area contributed by atoms with Gasteiger partial charge in [0.05, 0.1) is 0 Å². The first-order chi connectivity index (χ1) is 9.79. The van der Waals surface area contributed by atoms with Crippen molar-refractivity contribution in [2.24, 2.45) is 11.8 Å². The van der Waals surface area contributed by atoms with Crippen molar-refractivity contribution in [1.29, 1.82) is 0 Å². The van der Waals surface area contributed by atoms with Gasteiger partial charge in [0.15, 0.2) is 0 Å². The molecule has 2 heteroatoms. The molecule has 0 aromatic rings. The van der Waals surface area contributed by atoms with Crippen molar-refractivity contribution in [3.8, 4) is 0 Å². The molecule has 1 N–H and O–H groups in total. The number of hydrogen-bond acceptors (Lipinski definition) is 2. The molecule has 0 aromatic carbocycles. The fraction of sp³-hybridized carbons (Fsp3) is 1.00. The molecule has 0 bridgehead atoms. The van der Waals surface area contributed by atoms with Crippen LogP contribution >= 0.6 is 0 Å². The number of rotatable bonds is 3.